The fraction of sp³-hybridized carbons (Fsp3) is 0.214. The number of rotatable bonds is 4. The number of ether oxygens (including phenoxy) is 1. The van der Waals surface area contributed by atoms with Crippen molar-refractivity contribution in [3.05, 3.63) is 83.4 Å². The number of thiocarbonyl (C=S) groups is 2. The standard InChI is InChI=1S/C28H19F4N5O3S2/c1-35(26(42)40-18-6-3-2-4-7-18)23(38)19-9-8-16(13-21(19)29)37-25(41)36(24(39)27(37)10-5-11-27)17-12-20(28(30,31)32)22(14-33)34-15-17/h2-4,6-9,12-13,15H,5,10-11H2,1H3. The second-order valence-corrected chi connectivity index (χ2v) is 10.3. The molecule has 3 aromatic rings. The molecule has 0 unspecified atom stereocenters. The third kappa shape index (κ3) is 4.84. The van der Waals surface area contributed by atoms with Gasteiger partial charge in [-0.1, -0.05) is 18.2 Å². The van der Waals surface area contributed by atoms with Crippen molar-refractivity contribution in [2.24, 2.45) is 0 Å². The van der Waals surface area contributed by atoms with Crippen LogP contribution in [0.3, 0.4) is 0 Å². The Morgan fingerprint density at radius 2 is 1.83 bits per heavy atom. The summed E-state index contributed by atoms with van der Waals surface area (Å²) >= 11 is 10.7. The summed E-state index contributed by atoms with van der Waals surface area (Å²) in [6.07, 6.45) is -2.68. The zero-order valence-corrected chi connectivity index (χ0v) is 23.3. The minimum absolute atomic E-state index is 0.132. The second-order valence-electron chi connectivity index (χ2n) is 9.55. The Labute approximate surface area is 247 Å². The van der Waals surface area contributed by atoms with E-state index >= 15 is 4.39 Å². The molecule has 1 saturated carbocycles. The van der Waals surface area contributed by atoms with Crippen LogP contribution in [-0.4, -0.2) is 44.6 Å². The summed E-state index contributed by atoms with van der Waals surface area (Å²) in [5.41, 5.74) is -3.88. The highest BCUT2D eigenvalue weighted by atomic mass is 32.1. The Morgan fingerprint density at radius 1 is 1.14 bits per heavy atom. The number of amides is 2. The summed E-state index contributed by atoms with van der Waals surface area (Å²) < 4.78 is 61.7. The quantitative estimate of drug-likeness (QED) is 0.277. The summed E-state index contributed by atoms with van der Waals surface area (Å²) in [5, 5.41) is 8.68. The normalized spacial score (nSPS) is 15.8. The number of alkyl halides is 3. The van der Waals surface area contributed by atoms with Crippen molar-refractivity contribution in [2.45, 2.75) is 31.0 Å². The molecule has 2 amide bonds. The lowest BCUT2D eigenvalue weighted by Gasteiger charge is -2.43. The summed E-state index contributed by atoms with van der Waals surface area (Å²) in [7, 11) is 1.33. The highest BCUT2D eigenvalue weighted by molar-refractivity contribution is 7.81. The first-order chi connectivity index (χ1) is 19.9. The summed E-state index contributed by atoms with van der Waals surface area (Å²) in [6.45, 7) is 0. The van der Waals surface area contributed by atoms with Crippen molar-refractivity contribution in [2.75, 3.05) is 16.8 Å². The molecule has 2 fully saturated rings. The molecule has 2 aliphatic rings. The number of carbonyl (C=O) groups is 2. The monoisotopic (exact) mass is 613 g/mol. The van der Waals surface area contributed by atoms with Gasteiger partial charge in [-0.3, -0.25) is 19.4 Å². The van der Waals surface area contributed by atoms with Gasteiger partial charge in [0.25, 0.3) is 17.0 Å². The average molecular weight is 614 g/mol. The van der Waals surface area contributed by atoms with E-state index in [1.807, 2.05) is 0 Å². The molecule has 214 valence electrons. The summed E-state index contributed by atoms with van der Waals surface area (Å²) in [5.74, 6) is -1.93. The second kappa shape index (κ2) is 10.7. The Bertz CT molecular complexity index is 1670. The predicted molar refractivity (Wildman–Crippen MR) is 151 cm³/mol. The topological polar surface area (TPSA) is 89.8 Å². The van der Waals surface area contributed by atoms with E-state index in [9.17, 15) is 22.8 Å². The van der Waals surface area contributed by atoms with Crippen LogP contribution in [0.4, 0.5) is 28.9 Å². The minimum Gasteiger partial charge on any atom is -0.431 e. The number of hydrogen-bond donors (Lipinski definition) is 0. The fourth-order valence-electron chi connectivity index (χ4n) is 4.83. The Morgan fingerprint density at radius 3 is 2.40 bits per heavy atom. The molecule has 1 saturated heterocycles. The average Bonchev–Trinajstić information content (AvgIpc) is 3.18. The van der Waals surface area contributed by atoms with Crippen LogP contribution in [0.1, 0.15) is 40.9 Å². The highest BCUT2D eigenvalue weighted by Crippen LogP contribution is 2.48. The largest absolute Gasteiger partial charge is 0.431 e. The number of nitrogens with zero attached hydrogens (tertiary/aromatic N) is 5. The number of aromatic nitrogens is 1. The fourth-order valence-corrected chi connectivity index (χ4v) is 5.47. The van der Waals surface area contributed by atoms with E-state index in [1.54, 1.807) is 30.3 Å². The first-order valence-corrected chi connectivity index (χ1v) is 13.2. The van der Waals surface area contributed by atoms with Crippen LogP contribution < -0.4 is 14.5 Å². The van der Waals surface area contributed by atoms with Crippen molar-refractivity contribution >= 4 is 57.9 Å². The van der Waals surface area contributed by atoms with Gasteiger partial charge >= 0.3 is 6.18 Å². The Balaban J connectivity index is 1.45. The lowest BCUT2D eigenvalue weighted by molar-refractivity contribution is -0.138. The molecule has 5 rings (SSSR count). The van der Waals surface area contributed by atoms with Crippen LogP contribution in [0, 0.1) is 17.1 Å². The number of benzene rings is 2. The van der Waals surface area contributed by atoms with Crippen LogP contribution in [0.2, 0.25) is 0 Å². The lowest BCUT2D eigenvalue weighted by Crippen LogP contribution is -2.55. The maximum absolute atomic E-state index is 15.4. The lowest BCUT2D eigenvalue weighted by atomic mass is 9.75. The molecular weight excluding hydrogens is 594 g/mol. The maximum atomic E-state index is 15.4. The van der Waals surface area contributed by atoms with E-state index in [2.05, 4.69) is 4.98 Å². The van der Waals surface area contributed by atoms with Gasteiger partial charge in [0.15, 0.2) is 10.8 Å². The minimum atomic E-state index is -4.90. The highest BCUT2D eigenvalue weighted by Gasteiger charge is 2.60. The van der Waals surface area contributed by atoms with Crippen molar-refractivity contribution < 1.29 is 31.9 Å². The molecule has 2 heterocycles. The van der Waals surface area contributed by atoms with Crippen LogP contribution in [0.25, 0.3) is 0 Å². The number of halogens is 4. The van der Waals surface area contributed by atoms with Gasteiger partial charge in [0, 0.05) is 12.7 Å². The van der Waals surface area contributed by atoms with Gasteiger partial charge in [-0.05, 0) is 80.1 Å². The van der Waals surface area contributed by atoms with Crippen molar-refractivity contribution in [1.82, 2.24) is 9.88 Å². The van der Waals surface area contributed by atoms with E-state index < -0.39 is 40.6 Å². The van der Waals surface area contributed by atoms with E-state index in [4.69, 9.17) is 34.4 Å². The molecule has 8 nitrogen and oxygen atoms in total. The maximum Gasteiger partial charge on any atom is 0.419 e. The predicted octanol–water partition coefficient (Wildman–Crippen LogP) is 5.61. The Kier molecular flexibility index (Phi) is 7.42. The van der Waals surface area contributed by atoms with Crippen molar-refractivity contribution in [3.8, 4) is 11.8 Å². The van der Waals surface area contributed by atoms with Crippen LogP contribution >= 0.6 is 24.4 Å². The smallest absolute Gasteiger partial charge is 0.419 e. The SMILES string of the molecule is CN(C(=O)c1ccc(N2C(=S)N(c3cnc(C#N)c(C(F)(F)F)c3)C(=O)C23CCC3)cc1F)C(=S)Oc1ccccc1. The van der Waals surface area contributed by atoms with Crippen molar-refractivity contribution in [1.29, 1.82) is 5.26 Å². The molecule has 1 aliphatic carbocycles. The van der Waals surface area contributed by atoms with E-state index in [0.29, 0.717) is 31.1 Å². The number of carbonyl (C=O) groups excluding carboxylic acids is 2. The number of para-hydroxylation sites is 1. The van der Waals surface area contributed by atoms with Gasteiger partial charge in [0.1, 0.15) is 23.2 Å². The molecular formula is C28H19F4N5O3S2. The molecule has 0 bridgehead atoms. The zero-order chi connectivity index (χ0) is 30.4. The third-order valence-corrected chi connectivity index (χ3v) is 7.83. The third-order valence-electron chi connectivity index (χ3n) is 7.10. The van der Waals surface area contributed by atoms with E-state index in [-0.39, 0.29) is 27.2 Å². The Hall–Kier alpha value is -4.48. The summed E-state index contributed by atoms with van der Waals surface area (Å²) in [4.78, 5) is 33.5. The molecule has 0 N–H and O–H groups in total. The van der Waals surface area contributed by atoms with Crippen LogP contribution in [0.15, 0.2) is 60.8 Å². The van der Waals surface area contributed by atoms with E-state index in [1.165, 1.54) is 30.1 Å². The van der Waals surface area contributed by atoms with Crippen molar-refractivity contribution in [3.63, 3.8) is 0 Å². The van der Waals surface area contributed by atoms with Crippen LogP contribution in [0.5, 0.6) is 5.75 Å². The molecule has 1 aliphatic heterocycles. The first kappa shape index (κ1) is 29.0. The molecule has 1 spiro atoms. The van der Waals surface area contributed by atoms with Gasteiger partial charge in [-0.15, -0.1) is 0 Å². The van der Waals surface area contributed by atoms with Gasteiger partial charge in [-0.25, -0.2) is 9.37 Å². The van der Waals surface area contributed by atoms with Crippen LogP contribution in [-0.2, 0) is 11.0 Å². The van der Waals surface area contributed by atoms with Gasteiger partial charge in [0.2, 0.25) is 0 Å². The number of hydrogen-bond acceptors (Lipinski definition) is 7. The van der Waals surface area contributed by atoms with Gasteiger partial charge in [-0.2, -0.15) is 18.4 Å². The van der Waals surface area contributed by atoms with Gasteiger partial charge in [0.05, 0.1) is 23.0 Å². The molecule has 2 aromatic carbocycles. The number of nitriles is 1. The molecule has 42 heavy (non-hydrogen) atoms. The van der Waals surface area contributed by atoms with Gasteiger partial charge < -0.3 is 9.64 Å². The molecule has 0 atom stereocenters. The molecule has 1 aromatic heterocycles. The molecule has 0 radical (unpaired) electrons. The first-order valence-electron chi connectivity index (χ1n) is 12.4. The summed E-state index contributed by atoms with van der Waals surface area (Å²) in [6, 6.07) is 14.2. The van der Waals surface area contributed by atoms with E-state index in [0.717, 1.165) is 22.1 Å². The zero-order valence-electron chi connectivity index (χ0n) is 21.7. The molecule has 14 heteroatoms. The number of pyridine rings is 1. The number of anilines is 2.